The first-order chi connectivity index (χ1) is 10.4. The number of halogens is 1. The van der Waals surface area contributed by atoms with Gasteiger partial charge in [-0.1, -0.05) is 0 Å². The quantitative estimate of drug-likeness (QED) is 0.181. The number of rotatable bonds is 16. The van der Waals surface area contributed by atoms with Crippen LogP contribution >= 0.6 is 20.8 Å². The Morgan fingerprint density at radius 2 is 0.773 bits per heavy atom. The standard InChI is InChI=1S/C20H44BrP/c1-5-7-9-11-13-15-17-19-22(3,4,21)20-18-16-14-12-10-8-6-2/h5-20H2,1-4H3. The van der Waals surface area contributed by atoms with Crippen LogP contribution in [0.25, 0.3) is 0 Å². The average molecular weight is 395 g/mol. The Morgan fingerprint density at radius 3 is 1.09 bits per heavy atom. The summed E-state index contributed by atoms with van der Waals surface area (Å²) in [6, 6.07) is 0. The van der Waals surface area contributed by atoms with Crippen molar-refractivity contribution in [3.63, 3.8) is 0 Å². The second kappa shape index (κ2) is 13.2. The molecule has 0 N–H and O–H groups in total. The molecule has 0 aliphatic rings. The molecule has 0 rings (SSSR count). The summed E-state index contributed by atoms with van der Waals surface area (Å²) in [5, 5.41) is -1.51. The van der Waals surface area contributed by atoms with Crippen molar-refractivity contribution in [3.05, 3.63) is 0 Å². The third-order valence-electron chi connectivity index (χ3n) is 4.90. The van der Waals surface area contributed by atoms with Gasteiger partial charge in [-0.05, 0) is 0 Å². The molecule has 0 nitrogen and oxygen atoms in total. The van der Waals surface area contributed by atoms with Gasteiger partial charge >= 0.3 is 150 Å². The number of unbranched alkanes of at least 4 members (excludes halogenated alkanes) is 12. The summed E-state index contributed by atoms with van der Waals surface area (Å²) in [4.78, 5) is 0. The van der Waals surface area contributed by atoms with Crippen molar-refractivity contribution in [2.24, 2.45) is 0 Å². The fourth-order valence-corrected chi connectivity index (χ4v) is 7.35. The summed E-state index contributed by atoms with van der Waals surface area (Å²) in [6.45, 7) is 9.71. The Labute approximate surface area is 150 Å². The Bertz CT molecular complexity index is 220. The topological polar surface area (TPSA) is 0 Å². The van der Waals surface area contributed by atoms with E-state index in [4.69, 9.17) is 0 Å². The first-order valence-corrected chi connectivity index (χ1v) is 15.6. The molecule has 0 fully saturated rings. The maximum atomic E-state index is 4.20. The van der Waals surface area contributed by atoms with E-state index in [-0.39, 0.29) is 0 Å². The zero-order valence-electron chi connectivity index (χ0n) is 16.1. The molecule has 0 spiro atoms. The van der Waals surface area contributed by atoms with Crippen LogP contribution in [0.15, 0.2) is 0 Å². The maximum absolute atomic E-state index is 4.20. The van der Waals surface area contributed by atoms with Crippen molar-refractivity contribution in [3.8, 4) is 0 Å². The molecule has 0 atom stereocenters. The second-order valence-corrected chi connectivity index (χ2v) is 21.4. The molecule has 0 aliphatic heterocycles. The molecule has 0 heterocycles. The van der Waals surface area contributed by atoms with Crippen LogP contribution in [-0.2, 0) is 0 Å². The Balaban J connectivity index is 3.60. The van der Waals surface area contributed by atoms with Gasteiger partial charge in [0.25, 0.3) is 0 Å². The van der Waals surface area contributed by atoms with Crippen LogP contribution in [0.4, 0.5) is 0 Å². The molecule has 0 bridgehead atoms. The van der Waals surface area contributed by atoms with Gasteiger partial charge in [-0.3, -0.25) is 0 Å². The van der Waals surface area contributed by atoms with E-state index in [1.165, 1.54) is 102 Å². The average Bonchev–Trinajstić information content (AvgIpc) is 2.45. The van der Waals surface area contributed by atoms with Gasteiger partial charge < -0.3 is 0 Å². The first kappa shape index (κ1) is 22.9. The second-order valence-electron chi connectivity index (χ2n) is 8.20. The van der Waals surface area contributed by atoms with E-state index < -0.39 is 5.31 Å². The molecule has 136 valence electrons. The van der Waals surface area contributed by atoms with Gasteiger partial charge in [0.05, 0.1) is 0 Å². The molecule has 0 saturated heterocycles. The van der Waals surface area contributed by atoms with E-state index in [0.29, 0.717) is 0 Å². The van der Waals surface area contributed by atoms with Crippen LogP contribution < -0.4 is 0 Å². The van der Waals surface area contributed by atoms with E-state index in [9.17, 15) is 0 Å². The van der Waals surface area contributed by atoms with Crippen molar-refractivity contribution in [1.29, 1.82) is 0 Å². The molecule has 0 amide bonds. The summed E-state index contributed by atoms with van der Waals surface area (Å²) in [5.74, 6) is 0. The Kier molecular flexibility index (Phi) is 13.8. The SMILES string of the molecule is CCCCCCCCCP(C)(C)(Br)CCCCCCCCC. The predicted molar refractivity (Wildman–Crippen MR) is 113 cm³/mol. The van der Waals surface area contributed by atoms with E-state index in [1.54, 1.807) is 0 Å². The van der Waals surface area contributed by atoms with Gasteiger partial charge in [0.15, 0.2) is 0 Å². The van der Waals surface area contributed by atoms with E-state index in [0.717, 1.165) is 0 Å². The summed E-state index contributed by atoms with van der Waals surface area (Å²) >= 11 is 4.20. The Hall–Kier alpha value is 0.910. The molecule has 0 unspecified atom stereocenters. The van der Waals surface area contributed by atoms with Gasteiger partial charge in [0.1, 0.15) is 0 Å². The van der Waals surface area contributed by atoms with Gasteiger partial charge in [-0.25, -0.2) is 0 Å². The van der Waals surface area contributed by atoms with Crippen LogP contribution in [0, 0.1) is 0 Å². The van der Waals surface area contributed by atoms with Crippen molar-refractivity contribution in [1.82, 2.24) is 0 Å². The van der Waals surface area contributed by atoms with E-state index >= 15 is 0 Å². The minimum absolute atomic E-state index is 1.36. The van der Waals surface area contributed by atoms with Crippen LogP contribution in [0.3, 0.4) is 0 Å². The molecule has 0 aromatic carbocycles. The normalized spacial score (nSPS) is 14.0. The van der Waals surface area contributed by atoms with Gasteiger partial charge in [-0.15, -0.1) is 0 Å². The van der Waals surface area contributed by atoms with Crippen LogP contribution in [-0.4, -0.2) is 25.7 Å². The minimum atomic E-state index is -1.51. The first-order valence-electron chi connectivity index (χ1n) is 10.1. The zero-order chi connectivity index (χ0) is 16.8. The third-order valence-corrected chi connectivity index (χ3v) is 10.4. The van der Waals surface area contributed by atoms with Crippen LogP contribution in [0.1, 0.15) is 104 Å². The Morgan fingerprint density at radius 1 is 0.500 bits per heavy atom. The predicted octanol–water partition coefficient (Wildman–Crippen LogP) is 8.61. The molecule has 22 heavy (non-hydrogen) atoms. The van der Waals surface area contributed by atoms with E-state index in [1.807, 2.05) is 0 Å². The molecule has 0 radical (unpaired) electrons. The molecule has 0 aliphatic carbocycles. The summed E-state index contributed by atoms with van der Waals surface area (Å²) in [7, 11) is 0. The molecule has 2 heteroatoms. The summed E-state index contributed by atoms with van der Waals surface area (Å²) < 4.78 is 0. The van der Waals surface area contributed by atoms with Crippen molar-refractivity contribution < 1.29 is 0 Å². The molecular formula is C20H44BrP. The van der Waals surface area contributed by atoms with Gasteiger partial charge in [0, 0.05) is 0 Å². The fraction of sp³-hybridized carbons (Fsp3) is 1.00. The van der Waals surface area contributed by atoms with Gasteiger partial charge in [-0.2, -0.15) is 0 Å². The van der Waals surface area contributed by atoms with Gasteiger partial charge in [0.2, 0.25) is 0 Å². The third kappa shape index (κ3) is 15.8. The van der Waals surface area contributed by atoms with Crippen LogP contribution in [0.2, 0.25) is 0 Å². The van der Waals surface area contributed by atoms with Crippen molar-refractivity contribution in [2.75, 3.05) is 25.7 Å². The summed E-state index contributed by atoms with van der Waals surface area (Å²) in [6.07, 6.45) is 23.0. The summed E-state index contributed by atoms with van der Waals surface area (Å²) in [5.41, 5.74) is 0. The van der Waals surface area contributed by atoms with E-state index in [2.05, 4.69) is 42.7 Å². The molecule has 0 aromatic rings. The molecular weight excluding hydrogens is 351 g/mol. The van der Waals surface area contributed by atoms with Crippen LogP contribution in [0.5, 0.6) is 0 Å². The molecule has 0 aromatic heterocycles. The van der Waals surface area contributed by atoms with Crippen molar-refractivity contribution >= 4 is 20.8 Å². The number of hydrogen-bond donors (Lipinski definition) is 0. The monoisotopic (exact) mass is 394 g/mol. The van der Waals surface area contributed by atoms with Crippen molar-refractivity contribution in [2.45, 2.75) is 104 Å². The zero-order valence-corrected chi connectivity index (χ0v) is 18.6. The molecule has 0 saturated carbocycles. The fourth-order valence-electron chi connectivity index (χ4n) is 3.23. The number of hydrogen-bond acceptors (Lipinski definition) is 0.